The lowest BCUT2D eigenvalue weighted by Gasteiger charge is -2.04. The van der Waals surface area contributed by atoms with E-state index < -0.39 is 5.82 Å². The van der Waals surface area contributed by atoms with Crippen molar-refractivity contribution in [1.82, 2.24) is 4.98 Å². The second-order valence-corrected chi connectivity index (χ2v) is 6.63. The van der Waals surface area contributed by atoms with E-state index in [2.05, 4.69) is 26.2 Å². The van der Waals surface area contributed by atoms with Crippen LogP contribution in [0.3, 0.4) is 0 Å². The Hall–Kier alpha value is -2.05. The molecule has 3 aromatic rings. The number of para-hydroxylation sites is 1. The summed E-state index contributed by atoms with van der Waals surface area (Å²) in [6, 6.07) is 13.9. The molecule has 0 aliphatic heterocycles. The SMILES string of the molecule is O=C(Cc1csc(-c2cccc(Br)c2)n1)Nc1ccccc1F. The molecule has 116 valence electrons. The lowest BCUT2D eigenvalue weighted by Crippen LogP contribution is -2.15. The lowest BCUT2D eigenvalue weighted by molar-refractivity contribution is -0.115. The molecule has 0 saturated carbocycles. The number of anilines is 1. The van der Waals surface area contributed by atoms with Gasteiger partial charge in [0.2, 0.25) is 5.91 Å². The molecule has 3 nitrogen and oxygen atoms in total. The number of carbonyl (C=O) groups excluding carboxylic acids is 1. The minimum atomic E-state index is -0.450. The van der Waals surface area contributed by atoms with E-state index in [9.17, 15) is 9.18 Å². The number of rotatable bonds is 4. The molecule has 0 radical (unpaired) electrons. The quantitative estimate of drug-likeness (QED) is 0.688. The van der Waals surface area contributed by atoms with Gasteiger partial charge in [-0.05, 0) is 24.3 Å². The molecular weight excluding hydrogens is 379 g/mol. The molecule has 3 rings (SSSR count). The summed E-state index contributed by atoms with van der Waals surface area (Å²) in [5, 5.41) is 5.25. The predicted molar refractivity (Wildman–Crippen MR) is 94.0 cm³/mol. The summed E-state index contributed by atoms with van der Waals surface area (Å²) in [5.74, 6) is -0.741. The number of halogens is 2. The van der Waals surface area contributed by atoms with E-state index in [-0.39, 0.29) is 18.0 Å². The highest BCUT2D eigenvalue weighted by atomic mass is 79.9. The Morgan fingerprint density at radius 3 is 2.83 bits per heavy atom. The van der Waals surface area contributed by atoms with Crippen LogP contribution in [0.5, 0.6) is 0 Å². The highest BCUT2D eigenvalue weighted by molar-refractivity contribution is 9.10. The molecule has 0 bridgehead atoms. The smallest absolute Gasteiger partial charge is 0.230 e. The monoisotopic (exact) mass is 390 g/mol. The Morgan fingerprint density at radius 1 is 1.22 bits per heavy atom. The summed E-state index contributed by atoms with van der Waals surface area (Å²) in [4.78, 5) is 16.5. The van der Waals surface area contributed by atoms with E-state index in [0.717, 1.165) is 15.0 Å². The van der Waals surface area contributed by atoms with Crippen LogP contribution in [-0.2, 0) is 11.2 Å². The average molecular weight is 391 g/mol. The number of nitrogens with zero attached hydrogens (tertiary/aromatic N) is 1. The van der Waals surface area contributed by atoms with Gasteiger partial charge in [-0.15, -0.1) is 11.3 Å². The van der Waals surface area contributed by atoms with Crippen LogP contribution in [0.4, 0.5) is 10.1 Å². The van der Waals surface area contributed by atoms with Crippen LogP contribution < -0.4 is 5.32 Å². The van der Waals surface area contributed by atoms with Gasteiger partial charge in [-0.2, -0.15) is 0 Å². The third-order valence-corrected chi connectivity index (χ3v) is 4.55. The van der Waals surface area contributed by atoms with E-state index in [1.807, 2.05) is 29.6 Å². The third-order valence-electron chi connectivity index (χ3n) is 3.11. The molecule has 0 spiro atoms. The molecule has 0 fully saturated rings. The first kappa shape index (κ1) is 15.8. The number of hydrogen-bond acceptors (Lipinski definition) is 3. The topological polar surface area (TPSA) is 42.0 Å². The maximum atomic E-state index is 13.5. The van der Waals surface area contributed by atoms with Gasteiger partial charge in [0.15, 0.2) is 0 Å². The number of amides is 1. The lowest BCUT2D eigenvalue weighted by atomic mass is 10.2. The number of hydrogen-bond donors (Lipinski definition) is 1. The Labute approximate surface area is 145 Å². The van der Waals surface area contributed by atoms with Gasteiger partial charge in [0, 0.05) is 15.4 Å². The first-order valence-electron chi connectivity index (χ1n) is 6.86. The first-order chi connectivity index (χ1) is 11.1. The normalized spacial score (nSPS) is 10.5. The van der Waals surface area contributed by atoms with Gasteiger partial charge >= 0.3 is 0 Å². The maximum absolute atomic E-state index is 13.5. The zero-order chi connectivity index (χ0) is 16.2. The fourth-order valence-electron chi connectivity index (χ4n) is 2.06. The van der Waals surface area contributed by atoms with Gasteiger partial charge in [0.05, 0.1) is 17.8 Å². The van der Waals surface area contributed by atoms with E-state index in [1.165, 1.54) is 23.5 Å². The highest BCUT2D eigenvalue weighted by Crippen LogP contribution is 2.26. The second kappa shape index (κ2) is 7.02. The van der Waals surface area contributed by atoms with Crippen molar-refractivity contribution in [3.8, 4) is 10.6 Å². The van der Waals surface area contributed by atoms with Crippen molar-refractivity contribution in [3.63, 3.8) is 0 Å². The molecule has 2 aromatic carbocycles. The van der Waals surface area contributed by atoms with Crippen molar-refractivity contribution in [1.29, 1.82) is 0 Å². The van der Waals surface area contributed by atoms with E-state index in [0.29, 0.717) is 5.69 Å². The molecule has 1 N–H and O–H groups in total. The van der Waals surface area contributed by atoms with Crippen LogP contribution in [0.1, 0.15) is 5.69 Å². The van der Waals surface area contributed by atoms with Gasteiger partial charge < -0.3 is 5.32 Å². The third kappa shape index (κ3) is 4.03. The minimum absolute atomic E-state index is 0.110. The summed E-state index contributed by atoms with van der Waals surface area (Å²) in [7, 11) is 0. The number of benzene rings is 2. The van der Waals surface area contributed by atoms with Crippen LogP contribution in [0, 0.1) is 5.82 Å². The van der Waals surface area contributed by atoms with Crippen LogP contribution in [0.25, 0.3) is 10.6 Å². The summed E-state index contributed by atoms with van der Waals surface area (Å²) in [5.41, 5.74) is 1.84. The standard InChI is InChI=1S/C17H12BrFN2OS/c18-12-5-3-4-11(8-12)17-20-13(10-23-17)9-16(22)21-15-7-2-1-6-14(15)19/h1-8,10H,9H2,(H,21,22). The Kier molecular flexibility index (Phi) is 4.83. The van der Waals surface area contributed by atoms with Crippen LogP contribution in [0.2, 0.25) is 0 Å². The summed E-state index contributed by atoms with van der Waals surface area (Å²) in [6.45, 7) is 0. The van der Waals surface area contributed by atoms with Crippen molar-refractivity contribution in [2.24, 2.45) is 0 Å². The summed E-state index contributed by atoms with van der Waals surface area (Å²) in [6.07, 6.45) is 0.110. The van der Waals surface area contributed by atoms with Gasteiger partial charge in [0.25, 0.3) is 0 Å². The second-order valence-electron chi connectivity index (χ2n) is 4.86. The van der Waals surface area contributed by atoms with Crippen molar-refractivity contribution in [3.05, 3.63) is 69.9 Å². The van der Waals surface area contributed by atoms with Gasteiger partial charge in [-0.1, -0.05) is 40.2 Å². The average Bonchev–Trinajstić information content (AvgIpc) is 2.98. The van der Waals surface area contributed by atoms with Crippen molar-refractivity contribution in [2.45, 2.75) is 6.42 Å². The van der Waals surface area contributed by atoms with E-state index in [4.69, 9.17) is 0 Å². The number of thiazole rings is 1. The first-order valence-corrected chi connectivity index (χ1v) is 8.54. The van der Waals surface area contributed by atoms with E-state index in [1.54, 1.807) is 12.1 Å². The number of nitrogens with one attached hydrogen (secondary N) is 1. The molecule has 1 amide bonds. The molecule has 0 aliphatic carbocycles. The van der Waals surface area contributed by atoms with Crippen LogP contribution >= 0.6 is 27.3 Å². The van der Waals surface area contributed by atoms with Gasteiger partial charge in [-0.3, -0.25) is 4.79 Å². The summed E-state index contributed by atoms with van der Waals surface area (Å²) < 4.78 is 14.5. The zero-order valence-corrected chi connectivity index (χ0v) is 14.3. The van der Waals surface area contributed by atoms with Crippen LogP contribution in [0.15, 0.2) is 58.4 Å². The minimum Gasteiger partial charge on any atom is -0.323 e. The fraction of sp³-hybridized carbons (Fsp3) is 0.0588. The molecule has 0 atom stereocenters. The Balaban J connectivity index is 1.69. The van der Waals surface area contributed by atoms with Crippen molar-refractivity contribution < 1.29 is 9.18 Å². The number of carbonyl (C=O) groups is 1. The predicted octanol–water partition coefficient (Wildman–Crippen LogP) is 4.89. The molecular formula is C17H12BrFN2OS. The van der Waals surface area contributed by atoms with E-state index >= 15 is 0 Å². The maximum Gasteiger partial charge on any atom is 0.230 e. The number of aromatic nitrogens is 1. The molecule has 1 aromatic heterocycles. The molecule has 1 heterocycles. The zero-order valence-electron chi connectivity index (χ0n) is 11.9. The van der Waals surface area contributed by atoms with Crippen LogP contribution in [-0.4, -0.2) is 10.9 Å². The van der Waals surface area contributed by atoms with Gasteiger partial charge in [-0.25, -0.2) is 9.37 Å². The van der Waals surface area contributed by atoms with Crippen molar-refractivity contribution in [2.75, 3.05) is 5.32 Å². The molecule has 0 unspecified atom stereocenters. The molecule has 6 heteroatoms. The highest BCUT2D eigenvalue weighted by Gasteiger charge is 2.11. The largest absolute Gasteiger partial charge is 0.323 e. The Morgan fingerprint density at radius 2 is 2.04 bits per heavy atom. The molecule has 23 heavy (non-hydrogen) atoms. The Bertz CT molecular complexity index is 850. The molecule has 0 aliphatic rings. The van der Waals surface area contributed by atoms with Crippen molar-refractivity contribution >= 4 is 38.9 Å². The fourth-order valence-corrected chi connectivity index (χ4v) is 3.28. The molecule has 0 saturated heterocycles. The van der Waals surface area contributed by atoms with Gasteiger partial charge in [0.1, 0.15) is 10.8 Å². The summed E-state index contributed by atoms with van der Waals surface area (Å²) >= 11 is 4.90.